The average molecular weight is 561 g/mol. The Morgan fingerprint density at radius 2 is 1.80 bits per heavy atom. The van der Waals surface area contributed by atoms with Gasteiger partial charge in [-0.15, -0.1) is 0 Å². The summed E-state index contributed by atoms with van der Waals surface area (Å²) in [5.74, 6) is -2.42. The summed E-state index contributed by atoms with van der Waals surface area (Å²) in [6.45, 7) is 12.2. The van der Waals surface area contributed by atoms with Crippen LogP contribution in [0.4, 0.5) is 0 Å². The van der Waals surface area contributed by atoms with E-state index < -0.39 is 57.7 Å². The average Bonchev–Trinajstić information content (AvgIpc) is 3.42. The molecule has 0 aromatic carbocycles. The summed E-state index contributed by atoms with van der Waals surface area (Å²) in [6.07, 6.45) is 1.23. The minimum Gasteiger partial charge on any atom is -0.429 e. The number of carbonyl (C=O) groups excluding carboxylic acids is 4. The number of epoxide rings is 1. The summed E-state index contributed by atoms with van der Waals surface area (Å²) in [5, 5.41) is 10.7. The fourth-order valence-electron chi connectivity index (χ4n) is 10.3. The van der Waals surface area contributed by atoms with Crippen LogP contribution in [-0.4, -0.2) is 71.7 Å². The van der Waals surface area contributed by atoms with E-state index in [0.29, 0.717) is 38.0 Å². The van der Waals surface area contributed by atoms with Crippen LogP contribution in [0.1, 0.15) is 73.6 Å². The molecule has 0 aromatic heterocycles. The lowest BCUT2D eigenvalue weighted by atomic mass is 9.37. The SMILES string of the molecule is CC(=O)OC(=O)C[C@@H]1OC(C)(C)[C@@H]2CC(=O)[C@]3(C)[C@H](CC[C@@]4(C)[C@H](C5=CC(=O)OC5O)CCOC[C@H]5O[C@]543)[C@@]12C. The fraction of sp³-hybridized carbons (Fsp3) is 0.800. The van der Waals surface area contributed by atoms with Gasteiger partial charge in [0.05, 0.1) is 30.1 Å². The summed E-state index contributed by atoms with van der Waals surface area (Å²) in [4.78, 5) is 50.9. The van der Waals surface area contributed by atoms with Gasteiger partial charge < -0.3 is 28.8 Å². The number of ketones is 1. The normalized spacial score (nSPS) is 48.8. The van der Waals surface area contributed by atoms with Gasteiger partial charge in [0.1, 0.15) is 17.5 Å². The van der Waals surface area contributed by atoms with Gasteiger partial charge in [-0.3, -0.25) is 14.4 Å². The van der Waals surface area contributed by atoms with Crippen LogP contribution in [-0.2, 0) is 42.9 Å². The van der Waals surface area contributed by atoms with Gasteiger partial charge in [-0.25, -0.2) is 4.79 Å². The summed E-state index contributed by atoms with van der Waals surface area (Å²) in [5.41, 5.74) is -3.18. The molecule has 0 aromatic rings. The molecule has 220 valence electrons. The first kappa shape index (κ1) is 28.0. The molecule has 10 nitrogen and oxygen atoms in total. The third-order valence-corrected chi connectivity index (χ3v) is 11.8. The van der Waals surface area contributed by atoms with Gasteiger partial charge in [0.15, 0.2) is 0 Å². The molecule has 6 rings (SSSR count). The third-order valence-electron chi connectivity index (χ3n) is 11.8. The number of ether oxygens (including phenoxy) is 5. The van der Waals surface area contributed by atoms with Crippen LogP contribution >= 0.6 is 0 Å². The highest BCUT2D eigenvalue weighted by Crippen LogP contribution is 2.78. The smallest absolute Gasteiger partial charge is 0.333 e. The lowest BCUT2D eigenvalue weighted by Crippen LogP contribution is -2.70. The summed E-state index contributed by atoms with van der Waals surface area (Å²) in [7, 11) is 0. The van der Waals surface area contributed by atoms with E-state index in [1.54, 1.807) is 0 Å². The second-order valence-electron chi connectivity index (χ2n) is 13.8. The molecule has 4 aliphatic heterocycles. The second-order valence-corrected chi connectivity index (χ2v) is 13.8. The van der Waals surface area contributed by atoms with Crippen LogP contribution in [0.5, 0.6) is 0 Å². The maximum atomic E-state index is 14.5. The molecule has 0 radical (unpaired) electrons. The van der Waals surface area contributed by atoms with Gasteiger partial charge in [0, 0.05) is 48.3 Å². The highest BCUT2D eigenvalue weighted by molar-refractivity contribution is 5.90. The largest absolute Gasteiger partial charge is 0.429 e. The number of aliphatic hydroxyl groups is 1. The number of aliphatic hydroxyl groups excluding tert-OH is 1. The molecule has 3 saturated heterocycles. The summed E-state index contributed by atoms with van der Waals surface area (Å²) >= 11 is 0. The minimum absolute atomic E-state index is 0.0877. The number of carbonyl (C=O) groups is 4. The topological polar surface area (TPSA) is 138 Å². The van der Waals surface area contributed by atoms with Crippen LogP contribution in [0.15, 0.2) is 11.6 Å². The molecule has 0 amide bonds. The molecule has 1 spiro atoms. The number of Topliss-reactive ketones (excluding diaryl/α,β-unsaturated/α-hetero) is 1. The first-order valence-electron chi connectivity index (χ1n) is 14.4. The van der Waals surface area contributed by atoms with Gasteiger partial charge in [-0.05, 0) is 51.9 Å². The Labute approximate surface area is 234 Å². The minimum atomic E-state index is -1.34. The number of esters is 3. The van der Waals surface area contributed by atoms with E-state index in [2.05, 4.69) is 13.8 Å². The molecule has 2 aliphatic carbocycles. The van der Waals surface area contributed by atoms with Crippen molar-refractivity contribution in [2.24, 2.45) is 34.0 Å². The van der Waals surface area contributed by atoms with Crippen LogP contribution in [0.2, 0.25) is 0 Å². The van der Waals surface area contributed by atoms with E-state index in [0.717, 1.165) is 0 Å². The van der Waals surface area contributed by atoms with Crippen LogP contribution in [0.25, 0.3) is 0 Å². The van der Waals surface area contributed by atoms with E-state index in [4.69, 9.17) is 23.7 Å². The van der Waals surface area contributed by atoms with Crippen molar-refractivity contribution in [3.63, 3.8) is 0 Å². The highest BCUT2D eigenvalue weighted by Gasteiger charge is 2.85. The van der Waals surface area contributed by atoms with Crippen molar-refractivity contribution in [3.05, 3.63) is 11.6 Å². The molecule has 40 heavy (non-hydrogen) atoms. The molecule has 2 saturated carbocycles. The zero-order chi connectivity index (χ0) is 29.0. The Bertz CT molecular complexity index is 1210. The molecule has 4 heterocycles. The Morgan fingerprint density at radius 3 is 2.45 bits per heavy atom. The fourth-order valence-corrected chi connectivity index (χ4v) is 10.3. The predicted octanol–water partition coefficient (Wildman–Crippen LogP) is 2.64. The standard InChI is InChI=1S/C30H40O10/c1-15(31)37-24(34)13-21-28(5)18-7-9-27(4)17(16-11-23(33)38-25(16)35)8-10-36-14-22-30(27,40-22)29(18,6)20(32)12-19(28)26(2,3)39-21/h11,17-19,21-22,25,35H,7-10,12-14H2,1-6H3/t17-,18+,19-,21-,22+,25?,27-,28+,29-,30+/m0/s1. The van der Waals surface area contributed by atoms with Crippen molar-refractivity contribution in [1.82, 2.24) is 0 Å². The Morgan fingerprint density at radius 1 is 1.07 bits per heavy atom. The summed E-state index contributed by atoms with van der Waals surface area (Å²) in [6, 6.07) is 0. The second kappa shape index (κ2) is 8.69. The van der Waals surface area contributed by atoms with Crippen molar-refractivity contribution in [3.8, 4) is 0 Å². The molecule has 6 aliphatic rings. The van der Waals surface area contributed by atoms with Gasteiger partial charge in [0.2, 0.25) is 6.29 Å². The maximum Gasteiger partial charge on any atom is 0.333 e. The van der Waals surface area contributed by atoms with Gasteiger partial charge >= 0.3 is 17.9 Å². The van der Waals surface area contributed by atoms with E-state index in [9.17, 15) is 24.3 Å². The Kier molecular flexibility index (Phi) is 6.08. The number of hydrogen-bond acceptors (Lipinski definition) is 10. The zero-order valence-corrected chi connectivity index (χ0v) is 24.1. The molecule has 5 fully saturated rings. The number of hydrogen-bond donors (Lipinski definition) is 1. The zero-order valence-electron chi connectivity index (χ0n) is 24.1. The quantitative estimate of drug-likeness (QED) is 0.311. The molecule has 10 heteroatoms. The lowest BCUT2D eigenvalue weighted by molar-refractivity contribution is -0.192. The Hall–Kier alpha value is -2.14. The highest BCUT2D eigenvalue weighted by atomic mass is 16.6. The van der Waals surface area contributed by atoms with Gasteiger partial charge in [0.25, 0.3) is 0 Å². The molecule has 10 atom stereocenters. The number of fused-ring (bicyclic) bond motifs is 3. The molecular formula is C30H40O10. The molecule has 1 N–H and O–H groups in total. The van der Waals surface area contributed by atoms with Crippen molar-refractivity contribution in [1.29, 1.82) is 0 Å². The van der Waals surface area contributed by atoms with Crippen LogP contribution in [0, 0.1) is 34.0 Å². The maximum absolute atomic E-state index is 14.5. The van der Waals surface area contributed by atoms with Crippen molar-refractivity contribution < 1.29 is 48.0 Å². The van der Waals surface area contributed by atoms with E-state index in [-0.39, 0.29) is 42.5 Å². The predicted molar refractivity (Wildman–Crippen MR) is 137 cm³/mol. The van der Waals surface area contributed by atoms with Crippen LogP contribution < -0.4 is 0 Å². The van der Waals surface area contributed by atoms with Crippen molar-refractivity contribution in [2.45, 2.75) is 103 Å². The molecular weight excluding hydrogens is 520 g/mol. The van der Waals surface area contributed by atoms with E-state index >= 15 is 0 Å². The van der Waals surface area contributed by atoms with Crippen molar-refractivity contribution in [2.75, 3.05) is 13.2 Å². The lowest BCUT2D eigenvalue weighted by Gasteiger charge is -2.64. The van der Waals surface area contributed by atoms with Gasteiger partial charge in [-0.1, -0.05) is 13.8 Å². The molecule has 1 unspecified atom stereocenters. The van der Waals surface area contributed by atoms with Gasteiger partial charge in [-0.2, -0.15) is 0 Å². The Balaban J connectivity index is 1.45. The van der Waals surface area contributed by atoms with E-state index in [1.165, 1.54) is 13.0 Å². The first-order valence-corrected chi connectivity index (χ1v) is 14.4. The monoisotopic (exact) mass is 560 g/mol. The molecule has 0 bridgehead atoms. The first-order chi connectivity index (χ1) is 18.6. The number of cyclic esters (lactones) is 1. The van der Waals surface area contributed by atoms with Crippen molar-refractivity contribution >= 4 is 23.7 Å². The van der Waals surface area contributed by atoms with E-state index in [1.807, 2.05) is 20.8 Å². The third kappa shape index (κ3) is 3.42. The van der Waals surface area contributed by atoms with Crippen LogP contribution in [0.3, 0.4) is 0 Å². The summed E-state index contributed by atoms with van der Waals surface area (Å²) < 4.78 is 29.2. The number of rotatable bonds is 3.